The first kappa shape index (κ1) is 45.1. The van der Waals surface area contributed by atoms with E-state index in [2.05, 4.69) is 152 Å². The van der Waals surface area contributed by atoms with Gasteiger partial charge in [-0.1, -0.05) is 165 Å². The van der Waals surface area contributed by atoms with Crippen LogP contribution < -0.4 is 9.47 Å². The Hall–Kier alpha value is -5.94. The summed E-state index contributed by atoms with van der Waals surface area (Å²) in [6, 6.07) is 66.7. The van der Waals surface area contributed by atoms with E-state index in [0.717, 1.165) is 23.0 Å². The minimum atomic E-state index is 0.879. The normalized spacial score (nSPS) is 10.1. The molecule has 0 fully saturated rings. The summed E-state index contributed by atoms with van der Waals surface area (Å²) < 4.78 is 11.4. The van der Waals surface area contributed by atoms with Crippen molar-refractivity contribution in [3.8, 4) is 23.0 Å². The molecule has 304 valence electrons. The highest BCUT2D eigenvalue weighted by Crippen LogP contribution is 2.29. The van der Waals surface area contributed by atoms with Gasteiger partial charge in [-0.3, -0.25) is 0 Å². The van der Waals surface area contributed by atoms with Crippen LogP contribution >= 0.6 is 23.5 Å². The highest BCUT2D eigenvalue weighted by molar-refractivity contribution is 7.99. The lowest BCUT2D eigenvalue weighted by Gasteiger charge is -2.05. The van der Waals surface area contributed by atoms with Crippen LogP contribution in [0, 0.1) is 55.4 Å². The molecule has 60 heavy (non-hydrogen) atoms. The van der Waals surface area contributed by atoms with Crippen molar-refractivity contribution in [3.05, 3.63) is 239 Å². The van der Waals surface area contributed by atoms with Crippen molar-refractivity contribution in [2.24, 2.45) is 0 Å². The Labute approximate surface area is 367 Å². The Morgan fingerprint density at radius 3 is 0.483 bits per heavy atom. The molecule has 0 N–H and O–H groups in total. The highest BCUT2D eigenvalue weighted by atomic mass is 32.2. The Morgan fingerprint density at radius 1 is 0.200 bits per heavy atom. The maximum atomic E-state index is 5.69. The standard InChI is InChI=1S/2C14H14O.2C14H14S/c4*1-11-3-7-13(8-4-11)15-14-9-5-12(2)6-10-14/h4*3-10H,1-2H3. The minimum absolute atomic E-state index is 0.879. The zero-order valence-corrected chi connectivity index (χ0v) is 37.7. The Bertz CT molecular complexity index is 1890. The van der Waals surface area contributed by atoms with Gasteiger partial charge in [-0.15, -0.1) is 0 Å². The molecular formula is C56H56O2S2. The van der Waals surface area contributed by atoms with Gasteiger partial charge in [-0.05, 0) is 152 Å². The fourth-order valence-electron chi connectivity index (χ4n) is 5.39. The predicted molar refractivity (Wildman–Crippen MR) is 258 cm³/mol. The molecule has 8 aromatic carbocycles. The molecule has 0 unspecified atom stereocenters. The third kappa shape index (κ3) is 16.7. The van der Waals surface area contributed by atoms with Crippen molar-refractivity contribution >= 4 is 23.5 Å². The average molecular weight is 825 g/mol. The largest absolute Gasteiger partial charge is 0.457 e. The maximum absolute atomic E-state index is 5.69. The Kier molecular flexibility index (Phi) is 17.8. The first-order chi connectivity index (χ1) is 28.9. The number of hydrogen-bond donors (Lipinski definition) is 0. The van der Waals surface area contributed by atoms with E-state index in [0.29, 0.717) is 0 Å². The molecule has 0 atom stereocenters. The SMILES string of the molecule is Cc1ccc(Oc2ccc(C)cc2)cc1.Cc1ccc(Oc2ccc(C)cc2)cc1.Cc1ccc(Sc2ccc(C)cc2)cc1.Cc1ccc(Sc2ccc(C)cc2)cc1. The molecule has 0 aromatic heterocycles. The molecule has 8 rings (SSSR count). The number of aryl methyl sites for hydroxylation is 8. The Morgan fingerprint density at radius 2 is 0.333 bits per heavy atom. The van der Waals surface area contributed by atoms with Gasteiger partial charge in [0.15, 0.2) is 0 Å². The van der Waals surface area contributed by atoms with Crippen LogP contribution in [0.15, 0.2) is 214 Å². The lowest BCUT2D eigenvalue weighted by molar-refractivity contribution is 0.482. The van der Waals surface area contributed by atoms with Crippen LogP contribution in [0.3, 0.4) is 0 Å². The molecule has 0 aliphatic carbocycles. The second kappa shape index (κ2) is 23.6. The first-order valence-corrected chi connectivity index (χ1v) is 21.8. The molecule has 0 bridgehead atoms. The molecule has 8 aromatic rings. The third-order valence-corrected chi connectivity index (χ3v) is 11.1. The van der Waals surface area contributed by atoms with Crippen molar-refractivity contribution in [2.75, 3.05) is 0 Å². The summed E-state index contributed by atoms with van der Waals surface area (Å²) in [5.74, 6) is 3.52. The van der Waals surface area contributed by atoms with Crippen LogP contribution in [0.5, 0.6) is 23.0 Å². The van der Waals surface area contributed by atoms with Crippen LogP contribution in [-0.4, -0.2) is 0 Å². The minimum Gasteiger partial charge on any atom is -0.457 e. The number of hydrogen-bond acceptors (Lipinski definition) is 4. The van der Waals surface area contributed by atoms with Crippen LogP contribution in [0.25, 0.3) is 0 Å². The molecule has 0 radical (unpaired) electrons. The van der Waals surface area contributed by atoms with Gasteiger partial charge in [0, 0.05) is 19.6 Å². The molecule has 0 heterocycles. The molecule has 0 spiro atoms. The Balaban J connectivity index is 0.000000152. The van der Waals surface area contributed by atoms with Crippen LogP contribution in [-0.2, 0) is 0 Å². The zero-order chi connectivity index (χ0) is 42.7. The topological polar surface area (TPSA) is 18.5 Å². The molecule has 0 aliphatic rings. The second-order valence-corrected chi connectivity index (χ2v) is 17.2. The average Bonchev–Trinajstić information content (AvgIpc) is 3.25. The molecule has 4 heteroatoms. The second-order valence-electron chi connectivity index (χ2n) is 14.9. The lowest BCUT2D eigenvalue weighted by atomic mass is 10.2. The fraction of sp³-hybridized carbons (Fsp3) is 0.143. The van der Waals surface area contributed by atoms with Crippen LogP contribution in [0.2, 0.25) is 0 Å². The van der Waals surface area contributed by atoms with E-state index in [1.807, 2.05) is 97.1 Å². The summed E-state index contributed by atoms with van der Waals surface area (Å²) in [6.45, 7) is 16.7. The first-order valence-electron chi connectivity index (χ1n) is 20.2. The van der Waals surface area contributed by atoms with Crippen molar-refractivity contribution in [2.45, 2.75) is 75.0 Å². The summed E-state index contributed by atoms with van der Waals surface area (Å²) >= 11 is 3.61. The van der Waals surface area contributed by atoms with Crippen molar-refractivity contribution < 1.29 is 9.47 Å². The van der Waals surface area contributed by atoms with Crippen LogP contribution in [0.1, 0.15) is 44.5 Å². The summed E-state index contributed by atoms with van der Waals surface area (Å²) in [7, 11) is 0. The molecular weight excluding hydrogens is 769 g/mol. The van der Waals surface area contributed by atoms with E-state index in [1.165, 1.54) is 64.1 Å². The van der Waals surface area contributed by atoms with Gasteiger partial charge in [-0.2, -0.15) is 0 Å². The fourth-order valence-corrected chi connectivity index (χ4v) is 7.03. The van der Waals surface area contributed by atoms with Gasteiger partial charge in [0.05, 0.1) is 0 Å². The van der Waals surface area contributed by atoms with E-state index in [9.17, 15) is 0 Å². The smallest absolute Gasteiger partial charge is 0.127 e. The summed E-state index contributed by atoms with van der Waals surface area (Å²) in [6.07, 6.45) is 0. The number of benzene rings is 8. The van der Waals surface area contributed by atoms with Crippen LogP contribution in [0.4, 0.5) is 0 Å². The number of rotatable bonds is 8. The van der Waals surface area contributed by atoms with E-state index >= 15 is 0 Å². The van der Waals surface area contributed by atoms with Gasteiger partial charge in [0.25, 0.3) is 0 Å². The van der Waals surface area contributed by atoms with Gasteiger partial charge in [0.2, 0.25) is 0 Å². The van der Waals surface area contributed by atoms with E-state index < -0.39 is 0 Å². The maximum Gasteiger partial charge on any atom is 0.127 e. The number of ether oxygens (including phenoxy) is 2. The van der Waals surface area contributed by atoms with Gasteiger partial charge >= 0.3 is 0 Å². The lowest BCUT2D eigenvalue weighted by Crippen LogP contribution is -1.84. The summed E-state index contributed by atoms with van der Waals surface area (Å²) in [5.41, 5.74) is 10.2. The monoisotopic (exact) mass is 824 g/mol. The van der Waals surface area contributed by atoms with E-state index in [-0.39, 0.29) is 0 Å². The summed E-state index contributed by atoms with van der Waals surface area (Å²) in [4.78, 5) is 5.18. The molecule has 0 saturated heterocycles. The highest BCUT2D eigenvalue weighted by Gasteiger charge is 1.99. The van der Waals surface area contributed by atoms with Gasteiger partial charge in [-0.25, -0.2) is 0 Å². The predicted octanol–water partition coefficient (Wildman–Crippen LogP) is 17.1. The van der Waals surface area contributed by atoms with Gasteiger partial charge in [0.1, 0.15) is 23.0 Å². The van der Waals surface area contributed by atoms with Crippen molar-refractivity contribution in [1.82, 2.24) is 0 Å². The molecule has 0 aliphatic heterocycles. The zero-order valence-electron chi connectivity index (χ0n) is 36.1. The summed E-state index contributed by atoms with van der Waals surface area (Å²) in [5, 5.41) is 0. The quantitative estimate of drug-likeness (QED) is 0.152. The van der Waals surface area contributed by atoms with E-state index in [4.69, 9.17) is 9.47 Å². The van der Waals surface area contributed by atoms with Crippen molar-refractivity contribution in [3.63, 3.8) is 0 Å². The molecule has 2 nitrogen and oxygen atoms in total. The molecule has 0 saturated carbocycles. The third-order valence-electron chi connectivity index (χ3n) is 9.11. The van der Waals surface area contributed by atoms with Gasteiger partial charge < -0.3 is 9.47 Å². The van der Waals surface area contributed by atoms with E-state index in [1.54, 1.807) is 23.5 Å². The molecule has 0 amide bonds. The van der Waals surface area contributed by atoms with Crippen molar-refractivity contribution in [1.29, 1.82) is 0 Å².